The number of benzene rings is 1. The number of ether oxygens (including phenoxy) is 1. The summed E-state index contributed by atoms with van der Waals surface area (Å²) in [6.45, 7) is 6.31. The third-order valence-corrected chi connectivity index (χ3v) is 4.47. The van der Waals surface area contributed by atoms with Crippen LogP contribution < -0.4 is 0 Å². The number of carbonyl (C=O) groups excluding carboxylic acids is 1. The van der Waals surface area contributed by atoms with Gasteiger partial charge in [0, 0.05) is 0 Å². The van der Waals surface area contributed by atoms with Crippen LogP contribution in [0.1, 0.15) is 94.0 Å². The molecular formula is C21H34O2. The van der Waals surface area contributed by atoms with Crippen LogP contribution >= 0.6 is 0 Å². The number of carbonyl (C=O) groups is 1. The minimum absolute atomic E-state index is 0.0576. The van der Waals surface area contributed by atoms with Crippen molar-refractivity contribution in [2.24, 2.45) is 0 Å². The molecule has 0 saturated carbocycles. The molecule has 0 spiro atoms. The van der Waals surface area contributed by atoms with Crippen LogP contribution in [0.5, 0.6) is 0 Å². The fourth-order valence-corrected chi connectivity index (χ4v) is 2.87. The Morgan fingerprint density at radius 2 is 1.57 bits per heavy atom. The van der Waals surface area contributed by atoms with Gasteiger partial charge in [-0.15, -0.1) is 0 Å². The van der Waals surface area contributed by atoms with Crippen molar-refractivity contribution in [1.82, 2.24) is 0 Å². The lowest BCUT2D eigenvalue weighted by atomic mass is 10.0. The van der Waals surface area contributed by atoms with Crippen LogP contribution in [0.25, 0.3) is 0 Å². The summed E-state index contributed by atoms with van der Waals surface area (Å²) in [5.41, 5.74) is 1.68. The Balaban J connectivity index is 2.21. The van der Waals surface area contributed by atoms with E-state index in [9.17, 15) is 4.79 Å². The Kier molecular flexibility index (Phi) is 10.4. The van der Waals surface area contributed by atoms with Gasteiger partial charge in [0.2, 0.25) is 0 Å². The zero-order chi connectivity index (χ0) is 16.9. The molecule has 0 fully saturated rings. The summed E-state index contributed by atoms with van der Waals surface area (Å²) in [6, 6.07) is 7.64. The molecule has 0 aromatic heterocycles. The molecule has 1 aromatic carbocycles. The Bertz CT molecular complexity index is 439. The third kappa shape index (κ3) is 8.20. The zero-order valence-electron chi connectivity index (χ0n) is 15.3. The van der Waals surface area contributed by atoms with Gasteiger partial charge < -0.3 is 4.74 Å². The van der Waals surface area contributed by atoms with E-state index in [1.807, 2.05) is 31.2 Å². The van der Waals surface area contributed by atoms with E-state index in [1.165, 1.54) is 44.9 Å². The number of rotatable bonds is 12. The van der Waals surface area contributed by atoms with E-state index < -0.39 is 0 Å². The van der Waals surface area contributed by atoms with Crippen LogP contribution in [0.4, 0.5) is 0 Å². The van der Waals surface area contributed by atoms with Crippen LogP contribution in [0.3, 0.4) is 0 Å². The summed E-state index contributed by atoms with van der Waals surface area (Å²) in [5, 5.41) is 0. The number of unbranched alkanes of at least 4 members (excludes halogenated alkanes) is 7. The maximum absolute atomic E-state index is 12.2. The fraction of sp³-hybridized carbons (Fsp3) is 0.667. The average molecular weight is 319 g/mol. The lowest BCUT2D eigenvalue weighted by Crippen LogP contribution is -2.18. The zero-order valence-corrected chi connectivity index (χ0v) is 15.3. The van der Waals surface area contributed by atoms with Crippen LogP contribution in [0, 0.1) is 6.92 Å². The standard InChI is InChI=1S/C21H34O2/c1-4-6-7-8-9-10-11-12-16-19(5-2)23-21(22)20-17-14-13-15-18(20)3/h13-15,17,19H,4-12,16H2,1-3H3. The van der Waals surface area contributed by atoms with E-state index in [0.717, 1.165) is 24.8 Å². The highest BCUT2D eigenvalue weighted by molar-refractivity contribution is 5.91. The second-order valence-corrected chi connectivity index (χ2v) is 6.51. The lowest BCUT2D eigenvalue weighted by molar-refractivity contribution is 0.0266. The van der Waals surface area contributed by atoms with E-state index in [1.54, 1.807) is 0 Å². The summed E-state index contributed by atoms with van der Waals surface area (Å²) in [4.78, 5) is 12.2. The molecule has 1 unspecified atom stereocenters. The van der Waals surface area contributed by atoms with Crippen molar-refractivity contribution in [1.29, 1.82) is 0 Å². The number of aryl methyl sites for hydroxylation is 1. The summed E-state index contributed by atoms with van der Waals surface area (Å²) in [5.74, 6) is -0.172. The first-order valence-electron chi connectivity index (χ1n) is 9.45. The highest BCUT2D eigenvalue weighted by Gasteiger charge is 2.15. The van der Waals surface area contributed by atoms with Gasteiger partial charge >= 0.3 is 5.97 Å². The molecule has 0 aliphatic heterocycles. The van der Waals surface area contributed by atoms with E-state index in [2.05, 4.69) is 13.8 Å². The van der Waals surface area contributed by atoms with Crippen LogP contribution in [0.15, 0.2) is 24.3 Å². The second-order valence-electron chi connectivity index (χ2n) is 6.51. The van der Waals surface area contributed by atoms with E-state index in [4.69, 9.17) is 4.74 Å². The minimum atomic E-state index is -0.172. The normalized spacial score (nSPS) is 12.1. The van der Waals surface area contributed by atoms with Gasteiger partial charge in [0.25, 0.3) is 0 Å². The van der Waals surface area contributed by atoms with Crippen molar-refractivity contribution in [3.63, 3.8) is 0 Å². The molecule has 0 amide bonds. The summed E-state index contributed by atoms with van der Waals surface area (Å²) < 4.78 is 5.69. The molecule has 130 valence electrons. The molecule has 2 nitrogen and oxygen atoms in total. The number of hydrogen-bond acceptors (Lipinski definition) is 2. The maximum atomic E-state index is 12.2. The van der Waals surface area contributed by atoms with Crippen molar-refractivity contribution in [3.8, 4) is 0 Å². The van der Waals surface area contributed by atoms with Gasteiger partial charge in [-0.05, 0) is 37.8 Å². The first-order valence-corrected chi connectivity index (χ1v) is 9.45. The molecule has 1 atom stereocenters. The predicted octanol–water partition coefficient (Wildman–Crippen LogP) is 6.46. The molecule has 23 heavy (non-hydrogen) atoms. The van der Waals surface area contributed by atoms with Gasteiger partial charge in [0.1, 0.15) is 6.10 Å². The summed E-state index contributed by atoms with van der Waals surface area (Å²) in [7, 11) is 0. The quantitative estimate of drug-likeness (QED) is 0.326. The Morgan fingerprint density at radius 1 is 0.957 bits per heavy atom. The first-order chi connectivity index (χ1) is 11.2. The van der Waals surface area contributed by atoms with Gasteiger partial charge in [-0.1, -0.05) is 77.0 Å². The fourth-order valence-electron chi connectivity index (χ4n) is 2.87. The third-order valence-electron chi connectivity index (χ3n) is 4.47. The van der Waals surface area contributed by atoms with E-state index >= 15 is 0 Å². The van der Waals surface area contributed by atoms with E-state index in [-0.39, 0.29) is 12.1 Å². The molecule has 0 radical (unpaired) electrons. The SMILES string of the molecule is CCCCCCCCCCC(CC)OC(=O)c1ccccc1C. The van der Waals surface area contributed by atoms with Crippen molar-refractivity contribution in [3.05, 3.63) is 35.4 Å². The lowest BCUT2D eigenvalue weighted by Gasteiger charge is -2.17. The first kappa shape index (κ1) is 19.7. The van der Waals surface area contributed by atoms with Gasteiger partial charge in [0.15, 0.2) is 0 Å². The number of esters is 1. The molecule has 1 rings (SSSR count). The average Bonchev–Trinajstić information content (AvgIpc) is 2.56. The number of hydrogen-bond donors (Lipinski definition) is 0. The summed E-state index contributed by atoms with van der Waals surface area (Å²) >= 11 is 0. The molecule has 2 heteroatoms. The Morgan fingerprint density at radius 3 is 2.17 bits per heavy atom. The molecule has 0 aliphatic rings. The molecule has 0 saturated heterocycles. The van der Waals surface area contributed by atoms with Crippen molar-refractivity contribution in [2.75, 3.05) is 0 Å². The molecule has 0 N–H and O–H groups in total. The summed E-state index contributed by atoms with van der Waals surface area (Å²) in [6.07, 6.45) is 12.4. The minimum Gasteiger partial charge on any atom is -0.459 e. The van der Waals surface area contributed by atoms with Gasteiger partial charge in [-0.3, -0.25) is 0 Å². The highest BCUT2D eigenvalue weighted by Crippen LogP contribution is 2.16. The van der Waals surface area contributed by atoms with Gasteiger partial charge in [0.05, 0.1) is 5.56 Å². The molecule has 0 heterocycles. The largest absolute Gasteiger partial charge is 0.459 e. The molecule has 0 aliphatic carbocycles. The Labute approximate surface area is 142 Å². The van der Waals surface area contributed by atoms with Crippen molar-refractivity contribution in [2.45, 2.75) is 91.1 Å². The van der Waals surface area contributed by atoms with Gasteiger partial charge in [-0.25, -0.2) is 4.79 Å². The maximum Gasteiger partial charge on any atom is 0.338 e. The topological polar surface area (TPSA) is 26.3 Å². The monoisotopic (exact) mass is 318 g/mol. The predicted molar refractivity (Wildman–Crippen MR) is 97.9 cm³/mol. The molecular weight excluding hydrogens is 284 g/mol. The smallest absolute Gasteiger partial charge is 0.338 e. The molecule has 1 aromatic rings. The van der Waals surface area contributed by atoms with Gasteiger partial charge in [-0.2, -0.15) is 0 Å². The van der Waals surface area contributed by atoms with Crippen LogP contribution in [-0.2, 0) is 4.74 Å². The van der Waals surface area contributed by atoms with Crippen LogP contribution in [0.2, 0.25) is 0 Å². The van der Waals surface area contributed by atoms with Crippen molar-refractivity contribution >= 4 is 5.97 Å². The highest BCUT2D eigenvalue weighted by atomic mass is 16.5. The van der Waals surface area contributed by atoms with Crippen molar-refractivity contribution < 1.29 is 9.53 Å². The second kappa shape index (κ2) is 12.2. The van der Waals surface area contributed by atoms with E-state index in [0.29, 0.717) is 5.56 Å². The Hall–Kier alpha value is -1.31. The molecule has 0 bridgehead atoms. The van der Waals surface area contributed by atoms with Crippen LogP contribution in [-0.4, -0.2) is 12.1 Å².